The maximum Gasteiger partial charge on any atom is 0.164 e. The number of ether oxygens (including phenoxy) is 1. The van der Waals surface area contributed by atoms with E-state index in [0.717, 1.165) is 44.9 Å². The number of ketones is 1. The molecule has 0 aromatic carbocycles. The second-order valence-corrected chi connectivity index (χ2v) is 8.38. The lowest BCUT2D eigenvalue weighted by molar-refractivity contribution is -0.140. The van der Waals surface area contributed by atoms with Crippen LogP contribution in [0.25, 0.3) is 0 Å². The second-order valence-electron chi connectivity index (χ2n) is 8.38. The first-order valence-electron chi connectivity index (χ1n) is 11.5. The molecule has 0 heterocycles. The molecule has 0 amide bonds. The fourth-order valence-electron chi connectivity index (χ4n) is 3.15. The maximum absolute atomic E-state index is 12.2. The van der Waals surface area contributed by atoms with Crippen molar-refractivity contribution >= 4 is 5.78 Å². The third-order valence-corrected chi connectivity index (χ3v) is 5.18. The van der Waals surface area contributed by atoms with E-state index in [9.17, 15) is 9.90 Å². The maximum atomic E-state index is 12.2. The Morgan fingerprint density at radius 2 is 1.64 bits per heavy atom. The SMILES string of the molecule is CCCCCCC(O)C/C=C\CCCCCCCC(=O)C(C)(C)OCCCO. The van der Waals surface area contributed by atoms with Gasteiger partial charge in [0.15, 0.2) is 5.78 Å². The van der Waals surface area contributed by atoms with Crippen LogP contribution in [0.4, 0.5) is 0 Å². The molecule has 166 valence electrons. The topological polar surface area (TPSA) is 66.8 Å². The number of rotatable bonds is 20. The van der Waals surface area contributed by atoms with Crippen molar-refractivity contribution in [3.05, 3.63) is 12.2 Å². The Morgan fingerprint density at radius 3 is 2.36 bits per heavy atom. The number of Topliss-reactive ketones (excluding diaryl/α,β-unsaturated/α-hetero) is 1. The average Bonchev–Trinajstić information content (AvgIpc) is 2.66. The van der Waals surface area contributed by atoms with Gasteiger partial charge in [0.05, 0.1) is 12.7 Å². The molecule has 0 spiro atoms. The van der Waals surface area contributed by atoms with Crippen LogP contribution in [0.3, 0.4) is 0 Å². The lowest BCUT2D eigenvalue weighted by Crippen LogP contribution is -2.35. The van der Waals surface area contributed by atoms with Gasteiger partial charge in [-0.05, 0) is 52.4 Å². The number of hydrogen-bond donors (Lipinski definition) is 2. The molecule has 2 N–H and O–H groups in total. The predicted octanol–water partition coefficient (Wildman–Crippen LogP) is 5.74. The summed E-state index contributed by atoms with van der Waals surface area (Å²) in [6.45, 7) is 6.37. The molecule has 0 aliphatic carbocycles. The molecule has 1 unspecified atom stereocenters. The van der Waals surface area contributed by atoms with Gasteiger partial charge in [0, 0.05) is 13.0 Å². The Morgan fingerprint density at radius 1 is 0.964 bits per heavy atom. The third kappa shape index (κ3) is 16.3. The Balaban J connectivity index is 3.55. The number of carbonyl (C=O) groups is 1. The van der Waals surface area contributed by atoms with E-state index in [2.05, 4.69) is 19.1 Å². The van der Waals surface area contributed by atoms with Crippen molar-refractivity contribution in [2.24, 2.45) is 0 Å². The first-order valence-corrected chi connectivity index (χ1v) is 11.5. The van der Waals surface area contributed by atoms with Gasteiger partial charge in [0.1, 0.15) is 5.60 Å². The highest BCUT2D eigenvalue weighted by molar-refractivity contribution is 5.86. The van der Waals surface area contributed by atoms with E-state index in [1.54, 1.807) is 0 Å². The van der Waals surface area contributed by atoms with Crippen molar-refractivity contribution in [1.29, 1.82) is 0 Å². The second kappa shape index (κ2) is 18.3. The Bertz CT molecular complexity index is 390. The summed E-state index contributed by atoms with van der Waals surface area (Å²) in [4.78, 5) is 12.2. The fraction of sp³-hybridized carbons (Fsp3) is 0.875. The standard InChI is InChI=1S/C24H46O4/c1-4-5-6-13-17-22(26)18-14-11-9-7-8-10-12-15-19-23(27)24(2,3)28-21-16-20-25/h11,14,22,25-26H,4-10,12-13,15-21H2,1-3H3/b14-11-. The smallest absolute Gasteiger partial charge is 0.164 e. The first-order chi connectivity index (χ1) is 13.4. The summed E-state index contributed by atoms with van der Waals surface area (Å²) in [6.07, 6.45) is 18.5. The molecule has 0 aliphatic heterocycles. The highest BCUT2D eigenvalue weighted by atomic mass is 16.5. The number of allylic oxidation sites excluding steroid dienone is 1. The number of aliphatic hydroxyl groups excluding tert-OH is 2. The number of unbranched alkanes of at least 4 members (excludes halogenated alkanes) is 8. The number of carbonyl (C=O) groups excluding carboxylic acids is 1. The minimum absolute atomic E-state index is 0.0963. The van der Waals surface area contributed by atoms with Crippen LogP contribution in [-0.2, 0) is 9.53 Å². The minimum Gasteiger partial charge on any atom is -0.396 e. The summed E-state index contributed by atoms with van der Waals surface area (Å²) in [5, 5.41) is 18.7. The van der Waals surface area contributed by atoms with Gasteiger partial charge in [-0.25, -0.2) is 0 Å². The van der Waals surface area contributed by atoms with Crippen molar-refractivity contribution < 1.29 is 19.7 Å². The molecule has 0 saturated carbocycles. The minimum atomic E-state index is -0.736. The summed E-state index contributed by atoms with van der Waals surface area (Å²) in [7, 11) is 0. The molecule has 0 radical (unpaired) electrons. The van der Waals surface area contributed by atoms with Gasteiger partial charge >= 0.3 is 0 Å². The molecule has 1 atom stereocenters. The van der Waals surface area contributed by atoms with Crippen molar-refractivity contribution in [2.75, 3.05) is 13.2 Å². The molecular formula is C24H46O4. The van der Waals surface area contributed by atoms with Crippen molar-refractivity contribution in [3.63, 3.8) is 0 Å². The normalized spacial score (nSPS) is 13.3. The molecule has 0 aromatic rings. The van der Waals surface area contributed by atoms with Crippen molar-refractivity contribution in [2.45, 2.75) is 122 Å². The monoisotopic (exact) mass is 398 g/mol. The van der Waals surface area contributed by atoms with Gasteiger partial charge in [-0.1, -0.05) is 64.0 Å². The molecule has 0 aromatic heterocycles. The highest BCUT2D eigenvalue weighted by Crippen LogP contribution is 2.17. The van der Waals surface area contributed by atoms with E-state index < -0.39 is 5.60 Å². The van der Waals surface area contributed by atoms with Crippen LogP contribution in [0.1, 0.15) is 111 Å². The Labute approximate surface area is 173 Å². The van der Waals surface area contributed by atoms with Gasteiger partial charge in [-0.3, -0.25) is 4.79 Å². The third-order valence-electron chi connectivity index (χ3n) is 5.18. The summed E-state index contributed by atoms with van der Waals surface area (Å²) >= 11 is 0. The highest BCUT2D eigenvalue weighted by Gasteiger charge is 2.27. The first kappa shape index (κ1) is 27.3. The fourth-order valence-corrected chi connectivity index (χ4v) is 3.15. The average molecular weight is 399 g/mol. The van der Waals surface area contributed by atoms with E-state index >= 15 is 0 Å². The van der Waals surface area contributed by atoms with Gasteiger partial charge in [-0.15, -0.1) is 0 Å². The van der Waals surface area contributed by atoms with Crippen LogP contribution < -0.4 is 0 Å². The summed E-state index contributed by atoms with van der Waals surface area (Å²) in [5.41, 5.74) is -0.736. The van der Waals surface area contributed by atoms with Gasteiger partial charge < -0.3 is 14.9 Å². The van der Waals surface area contributed by atoms with E-state index in [1.165, 1.54) is 32.1 Å². The molecule has 0 fully saturated rings. The molecule has 0 saturated heterocycles. The largest absolute Gasteiger partial charge is 0.396 e. The molecule has 0 aliphatic rings. The summed E-state index contributed by atoms with van der Waals surface area (Å²) < 4.78 is 5.58. The lowest BCUT2D eigenvalue weighted by atomic mass is 9.97. The van der Waals surface area contributed by atoms with Crippen molar-refractivity contribution in [3.8, 4) is 0 Å². The van der Waals surface area contributed by atoms with Gasteiger partial charge in [0.2, 0.25) is 0 Å². The van der Waals surface area contributed by atoms with Gasteiger partial charge in [0.25, 0.3) is 0 Å². The van der Waals surface area contributed by atoms with Crippen LogP contribution in [0.5, 0.6) is 0 Å². The van der Waals surface area contributed by atoms with E-state index in [-0.39, 0.29) is 18.5 Å². The van der Waals surface area contributed by atoms with Crippen LogP contribution in [0.15, 0.2) is 12.2 Å². The molecule has 0 rings (SSSR count). The zero-order valence-corrected chi connectivity index (χ0v) is 18.8. The molecular weight excluding hydrogens is 352 g/mol. The van der Waals surface area contributed by atoms with E-state index in [0.29, 0.717) is 19.4 Å². The van der Waals surface area contributed by atoms with E-state index in [4.69, 9.17) is 9.84 Å². The summed E-state index contributed by atoms with van der Waals surface area (Å²) in [6, 6.07) is 0. The van der Waals surface area contributed by atoms with Crippen LogP contribution >= 0.6 is 0 Å². The Hall–Kier alpha value is -0.710. The molecule has 4 heteroatoms. The quantitative estimate of drug-likeness (QED) is 0.203. The van der Waals surface area contributed by atoms with Crippen molar-refractivity contribution in [1.82, 2.24) is 0 Å². The zero-order valence-electron chi connectivity index (χ0n) is 18.8. The van der Waals surface area contributed by atoms with Gasteiger partial charge in [-0.2, -0.15) is 0 Å². The van der Waals surface area contributed by atoms with Crippen LogP contribution in [0.2, 0.25) is 0 Å². The predicted molar refractivity (Wildman–Crippen MR) is 118 cm³/mol. The van der Waals surface area contributed by atoms with Crippen LogP contribution in [-0.4, -0.2) is 40.9 Å². The van der Waals surface area contributed by atoms with E-state index in [1.807, 2.05) is 13.8 Å². The lowest BCUT2D eigenvalue weighted by Gasteiger charge is -2.23. The molecule has 28 heavy (non-hydrogen) atoms. The summed E-state index contributed by atoms with van der Waals surface area (Å²) in [5.74, 6) is 0.154. The molecule has 4 nitrogen and oxygen atoms in total. The molecule has 0 bridgehead atoms. The van der Waals surface area contributed by atoms with Crippen LogP contribution in [0, 0.1) is 0 Å². The zero-order chi connectivity index (χ0) is 21.1. The Kier molecular flexibility index (Phi) is 17.9. The number of hydrogen-bond acceptors (Lipinski definition) is 4. The number of aliphatic hydroxyl groups is 2.